The second kappa shape index (κ2) is 7.26. The summed E-state index contributed by atoms with van der Waals surface area (Å²) in [5, 5.41) is 5.33. The molecule has 8 heteroatoms. The molecule has 0 bridgehead atoms. The third-order valence-electron chi connectivity index (χ3n) is 3.16. The average molecular weight is 330 g/mol. The zero-order valence-electron chi connectivity index (χ0n) is 12.4. The number of carbonyl (C=O) groups is 1. The van der Waals surface area contributed by atoms with Gasteiger partial charge in [-0.2, -0.15) is 13.2 Å². The van der Waals surface area contributed by atoms with Crippen molar-refractivity contribution >= 4 is 11.7 Å². The van der Waals surface area contributed by atoms with Crippen molar-refractivity contribution in [3.05, 3.63) is 30.4 Å². The lowest BCUT2D eigenvalue weighted by Crippen LogP contribution is -2.36. The molecule has 0 heterocycles. The molecule has 0 radical (unpaired) electrons. The third-order valence-corrected chi connectivity index (χ3v) is 3.16. The Morgan fingerprint density at radius 1 is 1.26 bits per heavy atom. The Hall–Kier alpha value is -2.38. The van der Waals surface area contributed by atoms with Crippen molar-refractivity contribution in [1.29, 1.82) is 0 Å². The molecular weight excluding hydrogens is 313 g/mol. The molecule has 2 N–H and O–H groups in total. The molecule has 2 amide bonds. The van der Waals surface area contributed by atoms with E-state index in [-0.39, 0.29) is 17.5 Å². The minimum Gasteiger partial charge on any atom is -0.493 e. The first-order valence-electron chi connectivity index (χ1n) is 6.97. The number of halogens is 3. The number of rotatable bonds is 5. The van der Waals surface area contributed by atoms with Crippen LogP contribution in [0.1, 0.15) is 12.8 Å². The predicted molar refractivity (Wildman–Crippen MR) is 78.9 cm³/mol. The highest BCUT2D eigenvalue weighted by molar-refractivity contribution is 5.89. The Balaban J connectivity index is 1.99. The summed E-state index contributed by atoms with van der Waals surface area (Å²) in [5.41, 5.74) is 0.312. The van der Waals surface area contributed by atoms with Crippen molar-refractivity contribution in [2.24, 2.45) is 0 Å². The first-order valence-corrected chi connectivity index (χ1v) is 6.97. The van der Waals surface area contributed by atoms with E-state index >= 15 is 0 Å². The van der Waals surface area contributed by atoms with Crippen LogP contribution in [-0.2, 0) is 0 Å². The number of urea groups is 1. The monoisotopic (exact) mass is 330 g/mol. The number of hydrogen-bond acceptors (Lipinski definition) is 3. The van der Waals surface area contributed by atoms with Crippen molar-refractivity contribution in [1.82, 2.24) is 5.32 Å². The summed E-state index contributed by atoms with van der Waals surface area (Å²) >= 11 is 0. The number of alkyl halides is 3. The molecule has 23 heavy (non-hydrogen) atoms. The van der Waals surface area contributed by atoms with Crippen LogP contribution in [0, 0.1) is 0 Å². The van der Waals surface area contributed by atoms with Gasteiger partial charge in [0.25, 0.3) is 0 Å². The van der Waals surface area contributed by atoms with E-state index in [2.05, 4.69) is 10.6 Å². The van der Waals surface area contributed by atoms with Gasteiger partial charge in [0.2, 0.25) is 0 Å². The molecule has 1 aliphatic rings. The zero-order chi connectivity index (χ0) is 16.9. The van der Waals surface area contributed by atoms with Crippen LogP contribution < -0.4 is 20.1 Å². The number of hydrogen-bond donors (Lipinski definition) is 2. The van der Waals surface area contributed by atoms with E-state index in [9.17, 15) is 18.0 Å². The standard InChI is InChI=1S/C15H17F3N2O3/c1-22-12-7-6-11(8-13(12)23-9-15(16,17)18)20-14(21)19-10-4-2-3-5-10/h2-3,6-8,10H,4-5,9H2,1H3,(H2,19,20,21). The van der Waals surface area contributed by atoms with Gasteiger partial charge >= 0.3 is 12.2 Å². The van der Waals surface area contributed by atoms with E-state index in [0.717, 1.165) is 12.8 Å². The van der Waals surface area contributed by atoms with Gasteiger partial charge in [-0.25, -0.2) is 4.79 Å². The van der Waals surface area contributed by atoms with Crippen LogP contribution in [-0.4, -0.2) is 32.0 Å². The molecule has 0 saturated carbocycles. The Kier molecular flexibility index (Phi) is 5.36. The Morgan fingerprint density at radius 3 is 2.57 bits per heavy atom. The molecule has 1 aromatic rings. The fraction of sp³-hybridized carbons (Fsp3) is 0.400. The molecule has 0 unspecified atom stereocenters. The maximum absolute atomic E-state index is 12.3. The minimum absolute atomic E-state index is 0.0363. The number of ether oxygens (including phenoxy) is 2. The van der Waals surface area contributed by atoms with Crippen LogP contribution >= 0.6 is 0 Å². The molecule has 0 fully saturated rings. The van der Waals surface area contributed by atoms with Gasteiger partial charge in [0.05, 0.1) is 7.11 Å². The summed E-state index contributed by atoms with van der Waals surface area (Å²) in [7, 11) is 1.32. The highest BCUT2D eigenvalue weighted by Crippen LogP contribution is 2.31. The van der Waals surface area contributed by atoms with E-state index in [1.807, 2.05) is 12.2 Å². The Bertz CT molecular complexity index is 580. The van der Waals surface area contributed by atoms with E-state index < -0.39 is 18.8 Å². The lowest BCUT2D eigenvalue weighted by atomic mass is 10.2. The van der Waals surface area contributed by atoms with Gasteiger partial charge < -0.3 is 20.1 Å². The van der Waals surface area contributed by atoms with Crippen LogP contribution in [0.3, 0.4) is 0 Å². The van der Waals surface area contributed by atoms with Crippen molar-refractivity contribution in [2.75, 3.05) is 19.0 Å². The number of anilines is 1. The minimum atomic E-state index is -4.46. The van der Waals surface area contributed by atoms with Crippen LogP contribution in [0.5, 0.6) is 11.5 Å². The first-order chi connectivity index (χ1) is 10.9. The van der Waals surface area contributed by atoms with E-state index in [1.165, 1.54) is 25.3 Å². The Morgan fingerprint density at radius 2 is 1.96 bits per heavy atom. The van der Waals surface area contributed by atoms with E-state index in [1.54, 1.807) is 0 Å². The summed E-state index contributed by atoms with van der Waals surface area (Å²) in [5.74, 6) is 0.0605. The molecule has 0 saturated heterocycles. The first kappa shape index (κ1) is 17.0. The fourth-order valence-electron chi connectivity index (χ4n) is 2.11. The van der Waals surface area contributed by atoms with Gasteiger partial charge in [-0.1, -0.05) is 12.2 Å². The fourth-order valence-corrected chi connectivity index (χ4v) is 2.11. The molecule has 0 aliphatic heterocycles. The lowest BCUT2D eigenvalue weighted by molar-refractivity contribution is -0.153. The van der Waals surface area contributed by atoms with Crippen molar-refractivity contribution in [3.8, 4) is 11.5 Å². The molecular formula is C15H17F3N2O3. The molecule has 126 valence electrons. The number of carbonyl (C=O) groups excluding carboxylic acids is 1. The quantitative estimate of drug-likeness (QED) is 0.813. The van der Waals surface area contributed by atoms with E-state index in [4.69, 9.17) is 9.47 Å². The maximum atomic E-state index is 12.3. The number of methoxy groups -OCH3 is 1. The number of amides is 2. The predicted octanol–water partition coefficient (Wildman–Crippen LogP) is 3.48. The van der Waals surface area contributed by atoms with Gasteiger partial charge in [-0.15, -0.1) is 0 Å². The van der Waals surface area contributed by atoms with Crippen molar-refractivity contribution in [2.45, 2.75) is 25.1 Å². The van der Waals surface area contributed by atoms with E-state index in [0.29, 0.717) is 5.69 Å². The number of nitrogens with one attached hydrogen (secondary N) is 2. The van der Waals surface area contributed by atoms with Crippen LogP contribution in [0.25, 0.3) is 0 Å². The van der Waals surface area contributed by atoms with Crippen LogP contribution in [0.4, 0.5) is 23.7 Å². The molecule has 1 aromatic carbocycles. The Labute approximate surface area is 131 Å². The second-order valence-electron chi connectivity index (χ2n) is 5.01. The largest absolute Gasteiger partial charge is 0.493 e. The summed E-state index contributed by atoms with van der Waals surface area (Å²) in [6, 6.07) is 3.85. The molecule has 5 nitrogen and oxygen atoms in total. The molecule has 0 atom stereocenters. The summed E-state index contributed by atoms with van der Waals surface area (Å²) in [6.45, 7) is -1.44. The molecule has 0 aromatic heterocycles. The summed E-state index contributed by atoms with van der Waals surface area (Å²) in [4.78, 5) is 11.8. The molecule has 1 aliphatic carbocycles. The number of benzene rings is 1. The van der Waals surface area contributed by atoms with Crippen molar-refractivity contribution < 1.29 is 27.4 Å². The topological polar surface area (TPSA) is 59.6 Å². The maximum Gasteiger partial charge on any atom is 0.422 e. The van der Waals surface area contributed by atoms with Gasteiger partial charge in [0, 0.05) is 17.8 Å². The SMILES string of the molecule is COc1ccc(NC(=O)NC2CC=CC2)cc1OCC(F)(F)F. The van der Waals surface area contributed by atoms with Crippen LogP contribution in [0.15, 0.2) is 30.4 Å². The van der Waals surface area contributed by atoms with Gasteiger partial charge in [0.1, 0.15) is 0 Å². The van der Waals surface area contributed by atoms with Gasteiger partial charge in [-0.3, -0.25) is 0 Å². The molecule has 0 spiro atoms. The van der Waals surface area contributed by atoms with Crippen molar-refractivity contribution in [3.63, 3.8) is 0 Å². The van der Waals surface area contributed by atoms with Gasteiger partial charge in [0.15, 0.2) is 18.1 Å². The third kappa shape index (κ3) is 5.39. The highest BCUT2D eigenvalue weighted by atomic mass is 19.4. The smallest absolute Gasteiger partial charge is 0.422 e. The lowest BCUT2D eigenvalue weighted by Gasteiger charge is -2.16. The normalized spacial score (nSPS) is 14.6. The summed E-state index contributed by atoms with van der Waals surface area (Å²) in [6.07, 6.45) is 1.01. The average Bonchev–Trinajstić information content (AvgIpc) is 2.97. The summed E-state index contributed by atoms with van der Waals surface area (Å²) < 4.78 is 46.5. The second-order valence-corrected chi connectivity index (χ2v) is 5.01. The molecule has 2 rings (SSSR count). The van der Waals surface area contributed by atoms with Gasteiger partial charge in [-0.05, 0) is 25.0 Å². The van der Waals surface area contributed by atoms with Crippen LogP contribution in [0.2, 0.25) is 0 Å². The zero-order valence-corrected chi connectivity index (χ0v) is 12.4. The highest BCUT2D eigenvalue weighted by Gasteiger charge is 2.29.